The minimum Gasteiger partial charge on any atom is -0.492 e. The zero-order valence-electron chi connectivity index (χ0n) is 17.5. The molecular formula is C21H27ClN2O4S2. The number of hydrogen-bond donors (Lipinski definition) is 1. The number of likely N-dealkylation sites (N-methyl/N-ethyl adjacent to an activating group) is 1. The molecule has 2 rings (SSSR count). The molecule has 0 bridgehead atoms. The predicted molar refractivity (Wildman–Crippen MR) is 122 cm³/mol. The number of carbonyl (C=O) groups excluding carboxylic acids is 1. The molecule has 1 atom stereocenters. The average molecular weight is 471 g/mol. The van der Waals surface area contributed by atoms with E-state index in [9.17, 15) is 13.2 Å². The lowest BCUT2D eigenvalue weighted by atomic mass is 10.1. The molecular weight excluding hydrogens is 444 g/mol. The van der Waals surface area contributed by atoms with Crippen molar-refractivity contribution in [3.8, 4) is 5.75 Å². The van der Waals surface area contributed by atoms with Gasteiger partial charge < -0.3 is 10.1 Å². The first-order chi connectivity index (χ1) is 14.2. The van der Waals surface area contributed by atoms with E-state index in [0.29, 0.717) is 12.4 Å². The molecule has 0 aliphatic rings. The summed E-state index contributed by atoms with van der Waals surface area (Å²) >= 11 is 7.78. The van der Waals surface area contributed by atoms with E-state index in [0.717, 1.165) is 14.8 Å². The van der Waals surface area contributed by atoms with Gasteiger partial charge in [0, 0.05) is 11.4 Å². The van der Waals surface area contributed by atoms with E-state index in [2.05, 4.69) is 5.32 Å². The van der Waals surface area contributed by atoms with Crippen LogP contribution in [0.1, 0.15) is 32.4 Å². The van der Waals surface area contributed by atoms with Gasteiger partial charge in [-0.25, -0.2) is 8.42 Å². The third-order valence-electron chi connectivity index (χ3n) is 4.51. The zero-order valence-corrected chi connectivity index (χ0v) is 19.9. The van der Waals surface area contributed by atoms with Crippen LogP contribution in [0.4, 0.5) is 0 Å². The number of sulfonamides is 1. The molecule has 9 heteroatoms. The molecule has 1 unspecified atom stereocenters. The highest BCUT2D eigenvalue weighted by Gasteiger charge is 2.26. The molecule has 0 fully saturated rings. The monoisotopic (exact) mass is 470 g/mol. The zero-order chi connectivity index (χ0) is 22.3. The van der Waals surface area contributed by atoms with Crippen molar-refractivity contribution in [2.45, 2.75) is 36.6 Å². The van der Waals surface area contributed by atoms with Crippen LogP contribution >= 0.6 is 23.4 Å². The fraction of sp³-hybridized carbons (Fsp3) is 0.381. The maximum Gasteiger partial charge on any atom is 0.243 e. The Labute approximate surface area is 188 Å². The molecule has 30 heavy (non-hydrogen) atoms. The van der Waals surface area contributed by atoms with Crippen molar-refractivity contribution in [1.82, 2.24) is 9.62 Å². The maximum absolute atomic E-state index is 13.0. The summed E-state index contributed by atoms with van der Waals surface area (Å²) in [6.45, 7) is 5.66. The Balaban J connectivity index is 2.10. The highest BCUT2D eigenvalue weighted by atomic mass is 35.5. The minimum atomic E-state index is -3.88. The lowest BCUT2D eigenvalue weighted by molar-refractivity contribution is -0.121. The van der Waals surface area contributed by atoms with Gasteiger partial charge in [-0.1, -0.05) is 30.7 Å². The number of thioether (sulfide) groups is 1. The van der Waals surface area contributed by atoms with Gasteiger partial charge in [0.05, 0.1) is 29.1 Å². The van der Waals surface area contributed by atoms with Crippen molar-refractivity contribution in [1.29, 1.82) is 0 Å². The van der Waals surface area contributed by atoms with E-state index in [1.807, 2.05) is 44.4 Å². The van der Waals surface area contributed by atoms with Gasteiger partial charge >= 0.3 is 0 Å². The standard InChI is InChI=1S/C21H27ClN2O4S2/c1-5-24(30(26,27)18-11-12-20(28-6-2)19(22)13-18)14-21(25)23-15(3)16-7-9-17(29-4)10-8-16/h7-13,15H,5-6,14H2,1-4H3,(H,23,25). The highest BCUT2D eigenvalue weighted by Crippen LogP contribution is 2.28. The first kappa shape index (κ1) is 24.5. The second kappa shape index (κ2) is 11.0. The van der Waals surface area contributed by atoms with E-state index in [4.69, 9.17) is 16.3 Å². The normalized spacial score (nSPS) is 12.6. The molecule has 0 spiro atoms. The van der Waals surface area contributed by atoms with Crippen LogP contribution in [-0.4, -0.2) is 44.6 Å². The average Bonchev–Trinajstić information content (AvgIpc) is 2.73. The van der Waals surface area contributed by atoms with E-state index < -0.39 is 10.0 Å². The van der Waals surface area contributed by atoms with Gasteiger partial charge in [-0.3, -0.25) is 4.79 Å². The third kappa shape index (κ3) is 6.14. The van der Waals surface area contributed by atoms with Crippen molar-refractivity contribution >= 4 is 39.3 Å². The molecule has 2 aromatic carbocycles. The van der Waals surface area contributed by atoms with Crippen molar-refractivity contribution in [3.63, 3.8) is 0 Å². The van der Waals surface area contributed by atoms with Gasteiger partial charge in [0.25, 0.3) is 0 Å². The topological polar surface area (TPSA) is 75.7 Å². The molecule has 6 nitrogen and oxygen atoms in total. The number of carbonyl (C=O) groups is 1. The second-order valence-corrected chi connectivity index (χ2v) is 9.74. The van der Waals surface area contributed by atoms with Crippen LogP contribution in [0.3, 0.4) is 0 Å². The summed E-state index contributed by atoms with van der Waals surface area (Å²) in [6.07, 6.45) is 2.00. The number of amides is 1. The Hall–Kier alpha value is -1.74. The van der Waals surface area contributed by atoms with Gasteiger partial charge in [0.2, 0.25) is 15.9 Å². The highest BCUT2D eigenvalue weighted by molar-refractivity contribution is 7.98. The Morgan fingerprint density at radius 2 is 1.87 bits per heavy atom. The van der Waals surface area contributed by atoms with Gasteiger partial charge in [-0.15, -0.1) is 11.8 Å². The number of benzene rings is 2. The molecule has 0 aliphatic heterocycles. The largest absolute Gasteiger partial charge is 0.492 e. The molecule has 0 saturated carbocycles. The van der Waals surface area contributed by atoms with Crippen LogP contribution < -0.4 is 10.1 Å². The maximum atomic E-state index is 13.0. The molecule has 0 saturated heterocycles. The minimum absolute atomic E-state index is 0.0197. The van der Waals surface area contributed by atoms with Crippen molar-refractivity contribution in [2.24, 2.45) is 0 Å². The van der Waals surface area contributed by atoms with E-state index in [1.54, 1.807) is 18.7 Å². The lowest BCUT2D eigenvalue weighted by Crippen LogP contribution is -2.41. The Morgan fingerprint density at radius 3 is 2.40 bits per heavy atom. The smallest absolute Gasteiger partial charge is 0.243 e. The quantitative estimate of drug-likeness (QED) is 0.522. The summed E-state index contributed by atoms with van der Waals surface area (Å²) in [5.74, 6) is 0.0409. The number of ether oxygens (including phenoxy) is 1. The summed E-state index contributed by atoms with van der Waals surface area (Å²) in [5.41, 5.74) is 0.949. The van der Waals surface area contributed by atoms with Crippen LogP contribution in [0.5, 0.6) is 5.75 Å². The molecule has 164 valence electrons. The van der Waals surface area contributed by atoms with Crippen LogP contribution in [0.15, 0.2) is 52.3 Å². The number of nitrogens with one attached hydrogen (secondary N) is 1. The summed E-state index contributed by atoms with van der Waals surface area (Å²) < 4.78 is 32.5. The molecule has 0 radical (unpaired) electrons. The lowest BCUT2D eigenvalue weighted by Gasteiger charge is -2.22. The van der Waals surface area contributed by atoms with E-state index in [1.165, 1.54) is 18.2 Å². The Bertz CT molecular complexity index is 965. The Kier molecular flexibility index (Phi) is 9.03. The van der Waals surface area contributed by atoms with E-state index in [-0.39, 0.29) is 35.0 Å². The second-order valence-electron chi connectivity index (χ2n) is 6.52. The summed E-state index contributed by atoms with van der Waals surface area (Å²) in [7, 11) is -3.88. The molecule has 2 aromatic rings. The number of nitrogens with zero attached hydrogens (tertiary/aromatic N) is 1. The fourth-order valence-corrected chi connectivity index (χ4v) is 4.99. The summed E-state index contributed by atoms with van der Waals surface area (Å²) in [5, 5.41) is 3.07. The summed E-state index contributed by atoms with van der Waals surface area (Å²) in [6, 6.07) is 11.9. The third-order valence-corrected chi connectivity index (χ3v) is 7.46. The Morgan fingerprint density at radius 1 is 1.20 bits per heavy atom. The first-order valence-electron chi connectivity index (χ1n) is 9.58. The number of hydrogen-bond acceptors (Lipinski definition) is 5. The van der Waals surface area contributed by atoms with Crippen LogP contribution in [-0.2, 0) is 14.8 Å². The SMILES string of the molecule is CCOc1ccc(S(=O)(=O)N(CC)CC(=O)NC(C)c2ccc(SC)cc2)cc1Cl. The van der Waals surface area contributed by atoms with Gasteiger partial charge in [0.15, 0.2) is 0 Å². The van der Waals surface area contributed by atoms with Crippen LogP contribution in [0.25, 0.3) is 0 Å². The number of halogens is 1. The first-order valence-corrected chi connectivity index (χ1v) is 12.6. The molecule has 1 amide bonds. The molecule has 0 heterocycles. The predicted octanol–water partition coefficient (Wildman–Crippen LogP) is 4.35. The van der Waals surface area contributed by atoms with E-state index >= 15 is 0 Å². The van der Waals surface area contributed by atoms with Crippen LogP contribution in [0.2, 0.25) is 5.02 Å². The van der Waals surface area contributed by atoms with Crippen molar-refractivity contribution in [2.75, 3.05) is 26.0 Å². The van der Waals surface area contributed by atoms with Crippen molar-refractivity contribution < 1.29 is 17.9 Å². The number of rotatable bonds is 10. The molecule has 0 aromatic heterocycles. The molecule has 0 aliphatic carbocycles. The van der Waals surface area contributed by atoms with Gasteiger partial charge in [-0.2, -0.15) is 4.31 Å². The van der Waals surface area contributed by atoms with Gasteiger partial charge in [0.1, 0.15) is 5.75 Å². The van der Waals surface area contributed by atoms with Crippen LogP contribution in [0, 0.1) is 0 Å². The van der Waals surface area contributed by atoms with Gasteiger partial charge in [-0.05, 0) is 56.0 Å². The van der Waals surface area contributed by atoms with Crippen molar-refractivity contribution in [3.05, 3.63) is 53.1 Å². The fourth-order valence-electron chi connectivity index (χ4n) is 2.85. The summed E-state index contributed by atoms with van der Waals surface area (Å²) in [4.78, 5) is 13.7. The molecule has 1 N–H and O–H groups in total.